The quantitative estimate of drug-likeness (QED) is 0.666. The molecule has 0 amide bonds. The number of hydrogen-bond donors (Lipinski definition) is 0. The normalized spacial score (nSPS) is 11.1. The number of thiophene rings is 1. The van der Waals surface area contributed by atoms with Gasteiger partial charge in [-0.25, -0.2) is 0 Å². The van der Waals surface area contributed by atoms with Crippen LogP contribution in [0, 0.1) is 0 Å². The molecule has 2 heteroatoms. The van der Waals surface area contributed by atoms with Crippen LogP contribution in [0.15, 0.2) is 66.6 Å². The monoisotopic (exact) mass is 268 g/mol. The molecule has 0 bridgehead atoms. The highest BCUT2D eigenvalue weighted by molar-refractivity contribution is 7.08. The fraction of sp³-hybridized carbons (Fsp3) is 0.0588. The van der Waals surface area contributed by atoms with Gasteiger partial charge in [-0.1, -0.05) is 37.4 Å². The molecule has 2 rings (SSSR count). The molecule has 1 aromatic heterocycles. The lowest BCUT2D eigenvalue weighted by atomic mass is 10.0. The van der Waals surface area contributed by atoms with Gasteiger partial charge in [0.05, 0.1) is 6.26 Å². The van der Waals surface area contributed by atoms with Gasteiger partial charge < -0.3 is 4.74 Å². The van der Waals surface area contributed by atoms with E-state index in [1.54, 1.807) is 11.3 Å². The van der Waals surface area contributed by atoms with Crippen LogP contribution < -0.4 is 0 Å². The molecule has 0 radical (unpaired) electrons. The zero-order valence-corrected chi connectivity index (χ0v) is 11.7. The molecule has 0 aliphatic rings. The third-order valence-corrected chi connectivity index (χ3v) is 3.54. The van der Waals surface area contributed by atoms with Gasteiger partial charge in [0.15, 0.2) is 0 Å². The Bertz CT molecular complexity index is 589. The van der Waals surface area contributed by atoms with Crippen LogP contribution >= 0.6 is 11.3 Å². The van der Waals surface area contributed by atoms with Crippen molar-refractivity contribution < 1.29 is 4.74 Å². The van der Waals surface area contributed by atoms with Gasteiger partial charge in [0.25, 0.3) is 0 Å². The number of allylic oxidation sites excluding steroid dienone is 1. The van der Waals surface area contributed by atoms with Crippen LogP contribution in [0.3, 0.4) is 0 Å². The molecule has 0 saturated heterocycles. The highest BCUT2D eigenvalue weighted by atomic mass is 32.1. The molecule has 1 heterocycles. The summed E-state index contributed by atoms with van der Waals surface area (Å²) in [4.78, 5) is 0. The van der Waals surface area contributed by atoms with E-state index in [4.69, 9.17) is 4.74 Å². The number of ether oxygens (including phenoxy) is 1. The standard InChI is InChI=1S/C17H16OS/c1-4-17(18-5-2)15-8-6-14(7-9-15)13(3)16-10-11-19-12-16/h4-12H,2-3H2,1H3/b17-4-. The van der Waals surface area contributed by atoms with Gasteiger partial charge in [-0.2, -0.15) is 11.3 Å². The molecule has 0 N–H and O–H groups in total. The van der Waals surface area contributed by atoms with Crippen LogP contribution in [0.4, 0.5) is 0 Å². The van der Waals surface area contributed by atoms with Crippen LogP contribution in [-0.2, 0) is 4.74 Å². The van der Waals surface area contributed by atoms with Crippen LogP contribution in [0.2, 0.25) is 0 Å². The van der Waals surface area contributed by atoms with Gasteiger partial charge in [0.2, 0.25) is 0 Å². The summed E-state index contributed by atoms with van der Waals surface area (Å²) in [5.41, 5.74) is 4.37. The van der Waals surface area contributed by atoms with E-state index in [9.17, 15) is 0 Å². The van der Waals surface area contributed by atoms with Crippen molar-refractivity contribution in [1.29, 1.82) is 0 Å². The fourth-order valence-corrected chi connectivity index (χ4v) is 2.50. The predicted octanol–water partition coefficient (Wildman–Crippen LogP) is 5.33. The lowest BCUT2D eigenvalue weighted by molar-refractivity contribution is 0.438. The molecule has 1 aromatic carbocycles. The average Bonchev–Trinajstić information content (AvgIpc) is 2.98. The molecular weight excluding hydrogens is 252 g/mol. The molecule has 0 atom stereocenters. The topological polar surface area (TPSA) is 9.23 Å². The molecular formula is C17H16OS. The van der Waals surface area contributed by atoms with Gasteiger partial charge in [-0.3, -0.25) is 0 Å². The lowest BCUT2D eigenvalue weighted by Gasteiger charge is -2.08. The number of hydrogen-bond acceptors (Lipinski definition) is 2. The first-order chi connectivity index (χ1) is 9.26. The van der Waals surface area contributed by atoms with Crippen molar-refractivity contribution in [3.8, 4) is 0 Å². The summed E-state index contributed by atoms with van der Waals surface area (Å²) in [5, 5.41) is 4.17. The third-order valence-electron chi connectivity index (χ3n) is 2.86. The average molecular weight is 268 g/mol. The molecule has 0 unspecified atom stereocenters. The van der Waals surface area contributed by atoms with Crippen LogP contribution in [-0.4, -0.2) is 0 Å². The van der Waals surface area contributed by atoms with Crippen molar-refractivity contribution in [2.45, 2.75) is 6.92 Å². The maximum Gasteiger partial charge on any atom is 0.129 e. The SMILES string of the molecule is C=CO/C(=C\C)c1ccc(C(=C)c2ccsc2)cc1. The summed E-state index contributed by atoms with van der Waals surface area (Å²) < 4.78 is 5.35. The summed E-state index contributed by atoms with van der Waals surface area (Å²) in [6.07, 6.45) is 3.36. The second-order valence-electron chi connectivity index (χ2n) is 4.01. The van der Waals surface area contributed by atoms with Crippen molar-refractivity contribution >= 4 is 22.7 Å². The van der Waals surface area contributed by atoms with Gasteiger partial charge in [0, 0.05) is 5.56 Å². The van der Waals surface area contributed by atoms with Gasteiger partial charge >= 0.3 is 0 Å². The Morgan fingerprint density at radius 2 is 1.79 bits per heavy atom. The van der Waals surface area contributed by atoms with Gasteiger partial charge in [-0.05, 0) is 46.5 Å². The second-order valence-corrected chi connectivity index (χ2v) is 4.79. The molecule has 0 saturated carbocycles. The summed E-state index contributed by atoms with van der Waals surface area (Å²) in [7, 11) is 0. The molecule has 0 aliphatic heterocycles. The molecule has 2 aromatic rings. The first-order valence-electron chi connectivity index (χ1n) is 6.02. The molecule has 0 fully saturated rings. The van der Waals surface area contributed by atoms with E-state index in [-0.39, 0.29) is 0 Å². The minimum absolute atomic E-state index is 0.808. The Labute approximate surface area is 118 Å². The van der Waals surface area contributed by atoms with E-state index >= 15 is 0 Å². The fourth-order valence-electron chi connectivity index (χ4n) is 1.83. The van der Waals surface area contributed by atoms with Crippen LogP contribution in [0.1, 0.15) is 23.6 Å². The van der Waals surface area contributed by atoms with Crippen LogP contribution in [0.25, 0.3) is 11.3 Å². The largest absolute Gasteiger partial charge is 0.465 e. The Morgan fingerprint density at radius 1 is 1.11 bits per heavy atom. The van der Waals surface area contributed by atoms with Gasteiger partial charge in [-0.15, -0.1) is 0 Å². The second kappa shape index (κ2) is 6.21. The molecule has 0 aliphatic carbocycles. The first-order valence-corrected chi connectivity index (χ1v) is 6.96. The van der Waals surface area contributed by atoms with Crippen molar-refractivity contribution in [3.05, 3.63) is 83.3 Å². The summed E-state index contributed by atoms with van der Waals surface area (Å²) in [5.74, 6) is 0.808. The molecule has 19 heavy (non-hydrogen) atoms. The Hall–Kier alpha value is -2.06. The van der Waals surface area contributed by atoms with Gasteiger partial charge in [0.1, 0.15) is 5.76 Å². The van der Waals surface area contributed by atoms with E-state index in [0.29, 0.717) is 0 Å². The molecule has 96 valence electrons. The number of benzene rings is 1. The minimum atomic E-state index is 0.808. The smallest absolute Gasteiger partial charge is 0.129 e. The van der Waals surface area contributed by atoms with E-state index < -0.39 is 0 Å². The van der Waals surface area contributed by atoms with Crippen molar-refractivity contribution in [2.24, 2.45) is 0 Å². The van der Waals surface area contributed by atoms with E-state index in [1.807, 2.05) is 25.1 Å². The molecule has 0 spiro atoms. The first kappa shape index (κ1) is 13.4. The Kier molecular flexibility index (Phi) is 4.37. The van der Waals surface area contributed by atoms with Crippen molar-refractivity contribution in [2.75, 3.05) is 0 Å². The lowest BCUT2D eigenvalue weighted by Crippen LogP contribution is -1.88. The maximum atomic E-state index is 5.35. The minimum Gasteiger partial charge on any atom is -0.465 e. The maximum absolute atomic E-state index is 5.35. The summed E-state index contributed by atoms with van der Waals surface area (Å²) in [6.45, 7) is 9.66. The van der Waals surface area contributed by atoms with E-state index in [2.05, 4.69) is 42.1 Å². The zero-order chi connectivity index (χ0) is 13.7. The summed E-state index contributed by atoms with van der Waals surface area (Å²) >= 11 is 1.68. The zero-order valence-electron chi connectivity index (χ0n) is 10.9. The third kappa shape index (κ3) is 3.04. The van der Waals surface area contributed by atoms with E-state index in [0.717, 1.165) is 22.5 Å². The number of rotatable bonds is 5. The van der Waals surface area contributed by atoms with E-state index in [1.165, 1.54) is 11.8 Å². The Balaban J connectivity index is 2.23. The van der Waals surface area contributed by atoms with Crippen LogP contribution in [0.5, 0.6) is 0 Å². The highest BCUT2D eigenvalue weighted by Crippen LogP contribution is 2.25. The van der Waals surface area contributed by atoms with Crippen molar-refractivity contribution in [1.82, 2.24) is 0 Å². The summed E-state index contributed by atoms with van der Waals surface area (Å²) in [6, 6.07) is 10.3. The predicted molar refractivity (Wildman–Crippen MR) is 83.8 cm³/mol. The molecule has 1 nitrogen and oxygen atoms in total. The van der Waals surface area contributed by atoms with Crippen molar-refractivity contribution in [3.63, 3.8) is 0 Å². The highest BCUT2D eigenvalue weighted by Gasteiger charge is 2.05. The Morgan fingerprint density at radius 3 is 2.32 bits per heavy atom.